The second kappa shape index (κ2) is 5.59. The van der Waals surface area contributed by atoms with Gasteiger partial charge in [0.25, 0.3) is 0 Å². The van der Waals surface area contributed by atoms with Gasteiger partial charge in [0, 0.05) is 24.2 Å². The van der Waals surface area contributed by atoms with Gasteiger partial charge in [-0.3, -0.25) is 0 Å². The SMILES string of the molecule is CCN(c1ccc(Cl)cc1Cl)C(C)CN. The van der Waals surface area contributed by atoms with Crippen molar-refractivity contribution in [3.05, 3.63) is 28.2 Å². The maximum absolute atomic E-state index is 6.14. The monoisotopic (exact) mass is 246 g/mol. The molecule has 0 aliphatic heterocycles. The van der Waals surface area contributed by atoms with Crippen LogP contribution in [-0.4, -0.2) is 19.1 Å². The maximum Gasteiger partial charge on any atom is 0.0654 e. The molecule has 1 atom stereocenters. The van der Waals surface area contributed by atoms with E-state index in [4.69, 9.17) is 28.9 Å². The minimum absolute atomic E-state index is 0.272. The van der Waals surface area contributed by atoms with Crippen molar-refractivity contribution in [3.8, 4) is 0 Å². The third kappa shape index (κ3) is 3.00. The largest absolute Gasteiger partial charge is 0.367 e. The molecule has 0 heterocycles. The molecule has 0 radical (unpaired) electrons. The highest BCUT2D eigenvalue weighted by molar-refractivity contribution is 6.36. The Bertz CT molecular complexity index is 328. The third-order valence-corrected chi connectivity index (χ3v) is 2.97. The van der Waals surface area contributed by atoms with Crippen LogP contribution in [0.2, 0.25) is 10.0 Å². The number of benzene rings is 1. The molecular formula is C11H16Cl2N2. The van der Waals surface area contributed by atoms with Gasteiger partial charge in [0.05, 0.1) is 10.7 Å². The van der Waals surface area contributed by atoms with Crippen LogP contribution < -0.4 is 10.6 Å². The predicted octanol–water partition coefficient (Wildman–Crippen LogP) is 3.17. The average Bonchev–Trinajstić information content (AvgIpc) is 2.21. The standard InChI is InChI=1S/C11H16Cl2N2/c1-3-15(8(2)7-14)11-5-4-9(12)6-10(11)13/h4-6,8H,3,7,14H2,1-2H3. The van der Waals surface area contributed by atoms with Gasteiger partial charge in [-0.15, -0.1) is 0 Å². The van der Waals surface area contributed by atoms with Crippen molar-refractivity contribution in [2.45, 2.75) is 19.9 Å². The van der Waals surface area contributed by atoms with Crippen LogP contribution in [-0.2, 0) is 0 Å². The molecule has 84 valence electrons. The topological polar surface area (TPSA) is 29.3 Å². The van der Waals surface area contributed by atoms with E-state index in [1.165, 1.54) is 0 Å². The lowest BCUT2D eigenvalue weighted by Crippen LogP contribution is -2.38. The molecule has 1 aromatic rings. The Morgan fingerprint density at radius 3 is 2.53 bits per heavy atom. The quantitative estimate of drug-likeness (QED) is 0.885. The number of halogens is 2. The molecule has 0 saturated carbocycles. The molecule has 0 bridgehead atoms. The van der Waals surface area contributed by atoms with Crippen molar-refractivity contribution < 1.29 is 0 Å². The van der Waals surface area contributed by atoms with Gasteiger partial charge in [0.2, 0.25) is 0 Å². The lowest BCUT2D eigenvalue weighted by atomic mass is 10.2. The summed E-state index contributed by atoms with van der Waals surface area (Å²) in [5, 5.41) is 1.32. The zero-order valence-electron chi connectivity index (χ0n) is 9.00. The number of anilines is 1. The van der Waals surface area contributed by atoms with E-state index >= 15 is 0 Å². The fourth-order valence-corrected chi connectivity index (χ4v) is 2.08. The average molecular weight is 247 g/mol. The van der Waals surface area contributed by atoms with Gasteiger partial charge in [-0.1, -0.05) is 23.2 Å². The molecule has 2 nitrogen and oxygen atoms in total. The van der Waals surface area contributed by atoms with Crippen LogP contribution >= 0.6 is 23.2 Å². The number of nitrogens with two attached hydrogens (primary N) is 1. The van der Waals surface area contributed by atoms with E-state index in [2.05, 4.69) is 18.7 Å². The Balaban J connectivity index is 3.01. The normalized spacial score (nSPS) is 12.6. The summed E-state index contributed by atoms with van der Waals surface area (Å²) in [6.45, 7) is 5.64. The summed E-state index contributed by atoms with van der Waals surface area (Å²) in [5.41, 5.74) is 6.64. The molecule has 15 heavy (non-hydrogen) atoms. The molecule has 2 N–H and O–H groups in total. The fourth-order valence-electron chi connectivity index (χ4n) is 1.56. The van der Waals surface area contributed by atoms with Crippen LogP contribution in [0.25, 0.3) is 0 Å². The molecule has 0 aliphatic rings. The minimum atomic E-state index is 0.272. The van der Waals surface area contributed by atoms with Crippen LogP contribution in [0.1, 0.15) is 13.8 Å². The first kappa shape index (κ1) is 12.6. The Morgan fingerprint density at radius 1 is 1.40 bits per heavy atom. The summed E-state index contributed by atoms with van der Waals surface area (Å²) in [6.07, 6.45) is 0. The van der Waals surface area contributed by atoms with Crippen LogP contribution in [0.3, 0.4) is 0 Å². The van der Waals surface area contributed by atoms with Gasteiger partial charge in [-0.2, -0.15) is 0 Å². The predicted molar refractivity (Wildman–Crippen MR) is 68.0 cm³/mol. The summed E-state index contributed by atoms with van der Waals surface area (Å²) in [6, 6.07) is 5.80. The maximum atomic E-state index is 6.14. The van der Waals surface area contributed by atoms with Crippen LogP contribution in [0.15, 0.2) is 18.2 Å². The first-order chi connectivity index (χ1) is 7.10. The van der Waals surface area contributed by atoms with E-state index in [-0.39, 0.29) is 6.04 Å². The molecule has 4 heteroatoms. The van der Waals surface area contributed by atoms with Crippen LogP contribution in [0.5, 0.6) is 0 Å². The van der Waals surface area contributed by atoms with Crippen LogP contribution in [0.4, 0.5) is 5.69 Å². The Kier molecular flexibility index (Phi) is 4.71. The molecule has 1 aromatic carbocycles. The Morgan fingerprint density at radius 2 is 2.07 bits per heavy atom. The van der Waals surface area contributed by atoms with E-state index in [9.17, 15) is 0 Å². The number of rotatable bonds is 4. The summed E-state index contributed by atoms with van der Waals surface area (Å²) >= 11 is 12.0. The van der Waals surface area contributed by atoms with Crippen molar-refractivity contribution in [2.75, 3.05) is 18.0 Å². The van der Waals surface area contributed by atoms with Crippen molar-refractivity contribution in [1.82, 2.24) is 0 Å². The van der Waals surface area contributed by atoms with Crippen molar-refractivity contribution >= 4 is 28.9 Å². The molecule has 0 amide bonds. The second-order valence-electron chi connectivity index (χ2n) is 3.47. The number of nitrogens with zero attached hydrogens (tertiary/aromatic N) is 1. The molecule has 0 aromatic heterocycles. The first-order valence-corrected chi connectivity index (χ1v) is 5.77. The van der Waals surface area contributed by atoms with Gasteiger partial charge in [0.1, 0.15) is 0 Å². The van der Waals surface area contributed by atoms with E-state index in [0.29, 0.717) is 16.6 Å². The van der Waals surface area contributed by atoms with Gasteiger partial charge in [0.15, 0.2) is 0 Å². The highest BCUT2D eigenvalue weighted by Crippen LogP contribution is 2.29. The zero-order chi connectivity index (χ0) is 11.4. The second-order valence-corrected chi connectivity index (χ2v) is 4.31. The van der Waals surface area contributed by atoms with Gasteiger partial charge >= 0.3 is 0 Å². The smallest absolute Gasteiger partial charge is 0.0654 e. The van der Waals surface area contributed by atoms with Gasteiger partial charge in [-0.25, -0.2) is 0 Å². The highest BCUT2D eigenvalue weighted by Gasteiger charge is 2.14. The van der Waals surface area contributed by atoms with E-state index in [1.807, 2.05) is 12.1 Å². The fraction of sp³-hybridized carbons (Fsp3) is 0.455. The molecule has 0 fully saturated rings. The lowest BCUT2D eigenvalue weighted by molar-refractivity contribution is 0.657. The van der Waals surface area contributed by atoms with Crippen molar-refractivity contribution in [2.24, 2.45) is 5.73 Å². The number of hydrogen-bond acceptors (Lipinski definition) is 2. The number of likely N-dealkylation sites (N-methyl/N-ethyl adjacent to an activating group) is 1. The first-order valence-electron chi connectivity index (χ1n) is 5.01. The Hall–Kier alpha value is -0.440. The van der Waals surface area contributed by atoms with Crippen molar-refractivity contribution in [3.63, 3.8) is 0 Å². The molecule has 0 saturated heterocycles. The van der Waals surface area contributed by atoms with Gasteiger partial charge < -0.3 is 10.6 Å². The Labute approximate surface area is 101 Å². The minimum Gasteiger partial charge on any atom is -0.367 e. The molecular weight excluding hydrogens is 231 g/mol. The molecule has 0 aliphatic carbocycles. The molecule has 1 rings (SSSR count). The molecule has 0 spiro atoms. The zero-order valence-corrected chi connectivity index (χ0v) is 10.5. The summed E-state index contributed by atoms with van der Waals surface area (Å²) in [5.74, 6) is 0. The lowest BCUT2D eigenvalue weighted by Gasteiger charge is -2.30. The van der Waals surface area contributed by atoms with E-state index in [1.54, 1.807) is 6.07 Å². The third-order valence-electron chi connectivity index (χ3n) is 2.43. The van der Waals surface area contributed by atoms with E-state index < -0.39 is 0 Å². The summed E-state index contributed by atoms with van der Waals surface area (Å²) in [4.78, 5) is 2.17. The van der Waals surface area contributed by atoms with Gasteiger partial charge in [-0.05, 0) is 32.0 Å². The molecule has 1 unspecified atom stereocenters. The highest BCUT2D eigenvalue weighted by atomic mass is 35.5. The van der Waals surface area contributed by atoms with Crippen molar-refractivity contribution in [1.29, 1.82) is 0 Å². The van der Waals surface area contributed by atoms with Crippen LogP contribution in [0, 0.1) is 0 Å². The summed E-state index contributed by atoms with van der Waals surface area (Å²) < 4.78 is 0. The number of hydrogen-bond donors (Lipinski definition) is 1. The summed E-state index contributed by atoms with van der Waals surface area (Å²) in [7, 11) is 0. The van der Waals surface area contributed by atoms with E-state index in [0.717, 1.165) is 12.2 Å².